The van der Waals surface area contributed by atoms with Crippen molar-refractivity contribution in [2.45, 2.75) is 27.7 Å². The van der Waals surface area contributed by atoms with Crippen molar-refractivity contribution in [2.24, 2.45) is 5.92 Å². The zero-order valence-corrected chi connectivity index (χ0v) is 15.6. The molecule has 0 aliphatic carbocycles. The summed E-state index contributed by atoms with van der Waals surface area (Å²) in [6, 6.07) is 9.92. The number of carbonyl (C=O) groups is 1. The monoisotopic (exact) mass is 352 g/mol. The number of rotatable bonds is 6. The molecule has 3 rings (SSSR count). The van der Waals surface area contributed by atoms with E-state index in [1.807, 2.05) is 62.7 Å². The number of nitrogens with one attached hydrogen (secondary N) is 2. The second-order valence-corrected chi connectivity index (χ2v) is 6.52. The summed E-state index contributed by atoms with van der Waals surface area (Å²) >= 11 is 0. The van der Waals surface area contributed by atoms with Crippen molar-refractivity contribution in [3.05, 3.63) is 41.9 Å². The van der Waals surface area contributed by atoms with Gasteiger partial charge in [0.15, 0.2) is 5.65 Å². The van der Waals surface area contributed by atoms with Gasteiger partial charge in [-0.3, -0.25) is 4.79 Å². The topological polar surface area (TPSA) is 84.7 Å². The smallest absolute Gasteiger partial charge is 0.222 e. The van der Waals surface area contributed by atoms with Crippen LogP contribution in [0.4, 0.5) is 5.82 Å². The van der Waals surface area contributed by atoms with Gasteiger partial charge in [0.1, 0.15) is 11.6 Å². The third kappa shape index (κ3) is 3.66. The van der Waals surface area contributed by atoms with Crippen LogP contribution in [0.5, 0.6) is 0 Å². The van der Waals surface area contributed by atoms with Gasteiger partial charge >= 0.3 is 0 Å². The molecule has 2 N–H and O–H groups in total. The first-order valence-corrected chi connectivity index (χ1v) is 8.78. The maximum Gasteiger partial charge on any atom is 0.222 e. The van der Waals surface area contributed by atoms with Crippen molar-refractivity contribution in [3.63, 3.8) is 0 Å². The highest BCUT2D eigenvalue weighted by molar-refractivity contribution is 5.90. The number of amides is 1. The first-order chi connectivity index (χ1) is 12.5. The van der Waals surface area contributed by atoms with E-state index in [1.165, 1.54) is 0 Å². The van der Waals surface area contributed by atoms with Gasteiger partial charge in [-0.25, -0.2) is 14.6 Å². The van der Waals surface area contributed by atoms with Gasteiger partial charge in [-0.2, -0.15) is 5.10 Å². The fraction of sp³-hybridized carbons (Fsp3) is 0.368. The number of hydrogen-bond acceptors (Lipinski definition) is 5. The largest absolute Gasteiger partial charge is 0.368 e. The molecule has 136 valence electrons. The molecule has 7 heteroatoms. The summed E-state index contributed by atoms with van der Waals surface area (Å²) in [6.45, 7) is 8.69. The molecule has 0 saturated carbocycles. The molecule has 0 radical (unpaired) electrons. The Morgan fingerprint density at radius 2 is 1.85 bits per heavy atom. The maximum absolute atomic E-state index is 11.7. The molecule has 2 heterocycles. The van der Waals surface area contributed by atoms with Gasteiger partial charge < -0.3 is 10.6 Å². The second kappa shape index (κ2) is 7.51. The minimum atomic E-state index is -0.0191. The second-order valence-electron chi connectivity index (χ2n) is 6.52. The first-order valence-electron chi connectivity index (χ1n) is 8.78. The van der Waals surface area contributed by atoms with Gasteiger partial charge in [0.05, 0.1) is 16.8 Å². The number of nitrogens with zero attached hydrogens (tertiary/aromatic N) is 4. The van der Waals surface area contributed by atoms with Crippen LogP contribution in [0.2, 0.25) is 0 Å². The molecule has 0 atom stereocenters. The Morgan fingerprint density at radius 1 is 1.12 bits per heavy atom. The van der Waals surface area contributed by atoms with E-state index in [2.05, 4.69) is 25.7 Å². The number of anilines is 1. The van der Waals surface area contributed by atoms with Crippen molar-refractivity contribution in [2.75, 3.05) is 18.4 Å². The lowest BCUT2D eigenvalue weighted by Gasteiger charge is -2.10. The van der Waals surface area contributed by atoms with Crippen LogP contribution in [0.25, 0.3) is 16.7 Å². The van der Waals surface area contributed by atoms with Crippen LogP contribution >= 0.6 is 0 Å². The van der Waals surface area contributed by atoms with E-state index >= 15 is 0 Å². The van der Waals surface area contributed by atoms with E-state index < -0.39 is 0 Å². The first kappa shape index (κ1) is 17.8. The Labute approximate surface area is 152 Å². The van der Waals surface area contributed by atoms with Crippen LogP contribution in [-0.2, 0) is 4.79 Å². The van der Waals surface area contributed by atoms with E-state index in [1.54, 1.807) is 0 Å². The van der Waals surface area contributed by atoms with Crippen molar-refractivity contribution < 1.29 is 4.79 Å². The standard InChI is InChI=1S/C19H24N6O/c1-12(2)19(26)21-11-10-20-17-16-13(3)24-25(15-8-6-5-7-9-15)18(16)23-14(4)22-17/h5-9,12H,10-11H2,1-4H3,(H,21,26)(H,20,22,23). The van der Waals surface area contributed by atoms with E-state index in [4.69, 9.17) is 0 Å². The molecular formula is C19H24N6O. The zero-order valence-electron chi connectivity index (χ0n) is 15.6. The molecular weight excluding hydrogens is 328 g/mol. The Morgan fingerprint density at radius 3 is 2.54 bits per heavy atom. The Hall–Kier alpha value is -2.96. The maximum atomic E-state index is 11.7. The Balaban J connectivity index is 1.87. The zero-order chi connectivity index (χ0) is 18.7. The highest BCUT2D eigenvalue weighted by Crippen LogP contribution is 2.26. The predicted molar refractivity (Wildman–Crippen MR) is 102 cm³/mol. The summed E-state index contributed by atoms with van der Waals surface area (Å²) in [5.41, 5.74) is 2.59. The molecule has 0 aliphatic heterocycles. The van der Waals surface area contributed by atoms with Gasteiger partial charge in [0, 0.05) is 19.0 Å². The highest BCUT2D eigenvalue weighted by atomic mass is 16.1. The number of aryl methyl sites for hydroxylation is 2. The average Bonchev–Trinajstić information content (AvgIpc) is 2.95. The summed E-state index contributed by atoms with van der Waals surface area (Å²) in [7, 11) is 0. The third-order valence-corrected chi connectivity index (χ3v) is 4.06. The minimum absolute atomic E-state index is 0.0191. The quantitative estimate of drug-likeness (QED) is 0.666. The molecule has 0 bridgehead atoms. The van der Waals surface area contributed by atoms with Gasteiger partial charge in [-0.15, -0.1) is 0 Å². The molecule has 0 fully saturated rings. The molecule has 0 unspecified atom stereocenters. The normalized spacial score (nSPS) is 11.1. The molecule has 7 nitrogen and oxygen atoms in total. The number of para-hydroxylation sites is 1. The Bertz CT molecular complexity index is 917. The van der Waals surface area contributed by atoms with Crippen LogP contribution in [-0.4, -0.2) is 38.7 Å². The van der Waals surface area contributed by atoms with Gasteiger partial charge in [0.2, 0.25) is 5.91 Å². The lowest BCUT2D eigenvalue weighted by atomic mass is 10.2. The Kier molecular flexibility index (Phi) is 5.16. The highest BCUT2D eigenvalue weighted by Gasteiger charge is 2.16. The van der Waals surface area contributed by atoms with Crippen molar-refractivity contribution in [1.29, 1.82) is 0 Å². The van der Waals surface area contributed by atoms with Gasteiger partial charge in [-0.1, -0.05) is 32.0 Å². The number of hydrogen-bond donors (Lipinski definition) is 2. The number of aromatic nitrogens is 4. The molecule has 2 aromatic heterocycles. The summed E-state index contributed by atoms with van der Waals surface area (Å²) < 4.78 is 1.84. The molecule has 1 amide bonds. The minimum Gasteiger partial charge on any atom is -0.368 e. The summed E-state index contributed by atoms with van der Waals surface area (Å²) in [5.74, 6) is 1.44. The summed E-state index contributed by atoms with van der Waals surface area (Å²) in [5, 5.41) is 11.7. The fourth-order valence-corrected chi connectivity index (χ4v) is 2.74. The van der Waals surface area contributed by atoms with Crippen LogP contribution in [0.3, 0.4) is 0 Å². The van der Waals surface area contributed by atoms with Crippen molar-refractivity contribution in [3.8, 4) is 5.69 Å². The summed E-state index contributed by atoms with van der Waals surface area (Å²) in [6.07, 6.45) is 0. The van der Waals surface area contributed by atoms with Gasteiger partial charge in [0.25, 0.3) is 0 Å². The van der Waals surface area contributed by atoms with E-state index in [0.29, 0.717) is 18.9 Å². The molecule has 1 aromatic carbocycles. The van der Waals surface area contributed by atoms with E-state index in [9.17, 15) is 4.79 Å². The van der Waals surface area contributed by atoms with Crippen molar-refractivity contribution >= 4 is 22.8 Å². The van der Waals surface area contributed by atoms with Crippen LogP contribution < -0.4 is 10.6 Å². The molecule has 26 heavy (non-hydrogen) atoms. The van der Waals surface area contributed by atoms with Crippen LogP contribution in [0, 0.1) is 19.8 Å². The average molecular weight is 352 g/mol. The van der Waals surface area contributed by atoms with Crippen LogP contribution in [0.15, 0.2) is 30.3 Å². The van der Waals surface area contributed by atoms with E-state index in [-0.39, 0.29) is 11.8 Å². The van der Waals surface area contributed by atoms with E-state index in [0.717, 1.165) is 28.2 Å². The molecule has 3 aromatic rings. The number of benzene rings is 1. The third-order valence-electron chi connectivity index (χ3n) is 4.06. The molecule has 0 saturated heterocycles. The lowest BCUT2D eigenvalue weighted by molar-refractivity contribution is -0.123. The number of fused-ring (bicyclic) bond motifs is 1. The lowest BCUT2D eigenvalue weighted by Crippen LogP contribution is -2.32. The van der Waals surface area contributed by atoms with Crippen molar-refractivity contribution in [1.82, 2.24) is 25.1 Å². The predicted octanol–water partition coefficient (Wildman–Crippen LogP) is 2.62. The van der Waals surface area contributed by atoms with Gasteiger partial charge in [-0.05, 0) is 26.0 Å². The SMILES string of the molecule is Cc1nc(NCCNC(=O)C(C)C)c2c(C)nn(-c3ccccc3)c2n1. The molecule has 0 spiro atoms. The molecule has 0 aliphatic rings. The number of carbonyl (C=O) groups excluding carboxylic acids is 1. The fourth-order valence-electron chi connectivity index (χ4n) is 2.74. The summed E-state index contributed by atoms with van der Waals surface area (Å²) in [4.78, 5) is 20.8. The van der Waals surface area contributed by atoms with Crippen LogP contribution in [0.1, 0.15) is 25.4 Å².